The normalized spacial score (nSPS) is 19.4. The summed E-state index contributed by atoms with van der Waals surface area (Å²) >= 11 is 1.59. The summed E-state index contributed by atoms with van der Waals surface area (Å²) in [5.74, 6) is 0.519. The number of fused-ring (bicyclic) bond motifs is 1. The number of anilines is 1. The topological polar surface area (TPSA) is 85.3 Å². The summed E-state index contributed by atoms with van der Waals surface area (Å²) in [5.41, 5.74) is 6.55. The van der Waals surface area contributed by atoms with Crippen LogP contribution in [0.2, 0.25) is 0 Å². The van der Waals surface area contributed by atoms with Crippen molar-refractivity contribution in [3.63, 3.8) is 0 Å². The lowest BCUT2D eigenvalue weighted by molar-refractivity contribution is -0.384. The van der Waals surface area contributed by atoms with Gasteiger partial charge in [-0.05, 0) is 31.4 Å². The van der Waals surface area contributed by atoms with E-state index in [-0.39, 0.29) is 10.6 Å². The molecule has 106 valence electrons. The van der Waals surface area contributed by atoms with Crippen LogP contribution in [0.25, 0.3) is 10.2 Å². The van der Waals surface area contributed by atoms with Crippen molar-refractivity contribution < 1.29 is 4.92 Å². The summed E-state index contributed by atoms with van der Waals surface area (Å²) in [5, 5.41) is 11.7. The number of aromatic nitrogens is 1. The van der Waals surface area contributed by atoms with E-state index in [4.69, 9.17) is 5.73 Å². The van der Waals surface area contributed by atoms with Crippen molar-refractivity contribution in [2.24, 2.45) is 11.7 Å². The van der Waals surface area contributed by atoms with E-state index in [1.165, 1.54) is 12.5 Å². The molecule has 1 aromatic carbocycles. The highest BCUT2D eigenvalue weighted by atomic mass is 32.1. The number of rotatable bonds is 3. The molecule has 1 aliphatic rings. The largest absolute Gasteiger partial charge is 0.348 e. The van der Waals surface area contributed by atoms with Gasteiger partial charge in [0.05, 0.1) is 15.1 Å². The molecule has 20 heavy (non-hydrogen) atoms. The smallest absolute Gasteiger partial charge is 0.271 e. The number of nitrogens with zero attached hydrogens (tertiary/aromatic N) is 3. The lowest BCUT2D eigenvalue weighted by atomic mass is 9.99. The van der Waals surface area contributed by atoms with Crippen molar-refractivity contribution in [2.45, 2.75) is 12.8 Å². The summed E-state index contributed by atoms with van der Waals surface area (Å²) in [6, 6.07) is 4.85. The van der Waals surface area contributed by atoms with Crippen LogP contribution in [0, 0.1) is 16.0 Å². The molecule has 3 rings (SSSR count). The van der Waals surface area contributed by atoms with Gasteiger partial charge in [0.2, 0.25) is 0 Å². The van der Waals surface area contributed by atoms with Gasteiger partial charge in [-0.3, -0.25) is 10.1 Å². The molecule has 2 heterocycles. The Hall–Kier alpha value is -1.73. The minimum Gasteiger partial charge on any atom is -0.348 e. The van der Waals surface area contributed by atoms with Crippen LogP contribution < -0.4 is 10.6 Å². The van der Waals surface area contributed by atoms with E-state index in [1.807, 2.05) is 0 Å². The molecule has 1 saturated heterocycles. The van der Waals surface area contributed by atoms with Crippen LogP contribution in [0.4, 0.5) is 10.8 Å². The first-order chi connectivity index (χ1) is 9.67. The van der Waals surface area contributed by atoms with Crippen molar-refractivity contribution in [2.75, 3.05) is 24.5 Å². The SMILES string of the molecule is NCC1CCCN(c2nc3cc([N+](=O)[O-])ccc3s2)C1. The Kier molecular flexibility index (Phi) is 3.54. The van der Waals surface area contributed by atoms with Crippen molar-refractivity contribution >= 4 is 32.4 Å². The average Bonchev–Trinajstić information content (AvgIpc) is 2.90. The van der Waals surface area contributed by atoms with Gasteiger partial charge in [-0.1, -0.05) is 11.3 Å². The second-order valence-electron chi connectivity index (χ2n) is 5.10. The lowest BCUT2D eigenvalue weighted by Crippen LogP contribution is -2.38. The maximum Gasteiger partial charge on any atom is 0.271 e. The molecular formula is C13H16N4O2S. The number of piperidine rings is 1. The van der Waals surface area contributed by atoms with Gasteiger partial charge in [-0.25, -0.2) is 4.98 Å². The number of benzene rings is 1. The third-order valence-electron chi connectivity index (χ3n) is 3.69. The molecule has 0 spiro atoms. The zero-order valence-electron chi connectivity index (χ0n) is 11.0. The van der Waals surface area contributed by atoms with Crippen molar-refractivity contribution in [3.05, 3.63) is 28.3 Å². The van der Waals surface area contributed by atoms with Crippen LogP contribution in [-0.2, 0) is 0 Å². The molecule has 1 aliphatic heterocycles. The van der Waals surface area contributed by atoms with E-state index in [1.54, 1.807) is 23.5 Å². The highest BCUT2D eigenvalue weighted by molar-refractivity contribution is 7.22. The van der Waals surface area contributed by atoms with Crippen molar-refractivity contribution in [1.82, 2.24) is 4.98 Å². The monoisotopic (exact) mass is 292 g/mol. The highest BCUT2D eigenvalue weighted by Crippen LogP contribution is 2.33. The number of nitrogens with two attached hydrogens (primary N) is 1. The Morgan fingerprint density at radius 2 is 2.40 bits per heavy atom. The maximum atomic E-state index is 10.8. The molecule has 2 aromatic rings. The second-order valence-corrected chi connectivity index (χ2v) is 6.10. The first kappa shape index (κ1) is 13.3. The van der Waals surface area contributed by atoms with Gasteiger partial charge in [-0.15, -0.1) is 0 Å². The van der Waals surface area contributed by atoms with Gasteiger partial charge in [-0.2, -0.15) is 0 Å². The Morgan fingerprint density at radius 3 is 3.15 bits per heavy atom. The van der Waals surface area contributed by atoms with Crippen LogP contribution in [0.3, 0.4) is 0 Å². The molecule has 1 aromatic heterocycles. The Bertz CT molecular complexity index is 642. The molecule has 0 amide bonds. The molecule has 6 nitrogen and oxygen atoms in total. The third-order valence-corrected chi connectivity index (χ3v) is 4.79. The predicted octanol–water partition coefficient (Wildman–Crippen LogP) is 2.38. The van der Waals surface area contributed by atoms with Crippen LogP contribution in [0.15, 0.2) is 18.2 Å². The number of hydrogen-bond donors (Lipinski definition) is 1. The van der Waals surface area contributed by atoms with Crippen LogP contribution in [0.1, 0.15) is 12.8 Å². The Balaban J connectivity index is 1.90. The van der Waals surface area contributed by atoms with E-state index < -0.39 is 0 Å². The molecule has 0 saturated carbocycles. The van der Waals surface area contributed by atoms with E-state index in [0.29, 0.717) is 18.0 Å². The molecule has 0 bridgehead atoms. The summed E-state index contributed by atoms with van der Waals surface area (Å²) in [4.78, 5) is 17.2. The first-order valence-corrected chi connectivity index (χ1v) is 7.49. The average molecular weight is 292 g/mol. The summed E-state index contributed by atoms with van der Waals surface area (Å²) in [6.07, 6.45) is 2.29. The summed E-state index contributed by atoms with van der Waals surface area (Å²) in [7, 11) is 0. The number of non-ortho nitro benzene ring substituents is 1. The third kappa shape index (κ3) is 2.46. The number of hydrogen-bond acceptors (Lipinski definition) is 6. The van der Waals surface area contributed by atoms with Gasteiger partial charge >= 0.3 is 0 Å². The zero-order chi connectivity index (χ0) is 14.1. The number of nitro benzene ring substituents is 1. The van der Waals surface area contributed by atoms with Crippen molar-refractivity contribution in [1.29, 1.82) is 0 Å². The molecule has 1 fully saturated rings. The first-order valence-electron chi connectivity index (χ1n) is 6.67. The van der Waals surface area contributed by atoms with Crippen LogP contribution in [0.5, 0.6) is 0 Å². The highest BCUT2D eigenvalue weighted by Gasteiger charge is 2.21. The fourth-order valence-electron chi connectivity index (χ4n) is 2.58. The van der Waals surface area contributed by atoms with Gasteiger partial charge < -0.3 is 10.6 Å². The van der Waals surface area contributed by atoms with E-state index in [2.05, 4.69) is 9.88 Å². The Morgan fingerprint density at radius 1 is 1.55 bits per heavy atom. The minimum absolute atomic E-state index is 0.0906. The van der Waals surface area contributed by atoms with Crippen molar-refractivity contribution in [3.8, 4) is 0 Å². The van der Waals surface area contributed by atoms with Gasteiger partial charge in [0, 0.05) is 25.2 Å². The molecule has 7 heteroatoms. The van der Waals surface area contributed by atoms with Gasteiger partial charge in [0.15, 0.2) is 5.13 Å². The number of thiazole rings is 1. The lowest BCUT2D eigenvalue weighted by Gasteiger charge is -2.31. The molecular weight excluding hydrogens is 276 g/mol. The fourth-order valence-corrected chi connectivity index (χ4v) is 3.56. The summed E-state index contributed by atoms with van der Waals surface area (Å²) < 4.78 is 0.987. The quantitative estimate of drug-likeness (QED) is 0.693. The number of nitro groups is 1. The Labute approximate surface area is 120 Å². The van der Waals surface area contributed by atoms with E-state index in [0.717, 1.165) is 29.3 Å². The molecule has 1 atom stereocenters. The zero-order valence-corrected chi connectivity index (χ0v) is 11.8. The molecule has 1 unspecified atom stereocenters. The molecule has 2 N–H and O–H groups in total. The van der Waals surface area contributed by atoms with E-state index >= 15 is 0 Å². The van der Waals surface area contributed by atoms with Crippen LogP contribution >= 0.6 is 11.3 Å². The predicted molar refractivity (Wildman–Crippen MR) is 80.3 cm³/mol. The minimum atomic E-state index is -0.385. The molecule has 0 aliphatic carbocycles. The van der Waals surface area contributed by atoms with E-state index in [9.17, 15) is 10.1 Å². The second kappa shape index (κ2) is 5.34. The molecule has 0 radical (unpaired) electrons. The standard InChI is InChI=1S/C13H16N4O2S/c14-7-9-2-1-5-16(8-9)13-15-11-6-10(17(18)19)3-4-12(11)20-13/h3-4,6,9H,1-2,5,7-8,14H2. The maximum absolute atomic E-state index is 10.8. The van der Waals surface area contributed by atoms with Crippen LogP contribution in [-0.4, -0.2) is 29.5 Å². The fraction of sp³-hybridized carbons (Fsp3) is 0.462. The van der Waals surface area contributed by atoms with Gasteiger partial charge in [0.1, 0.15) is 0 Å². The van der Waals surface area contributed by atoms with Gasteiger partial charge in [0.25, 0.3) is 5.69 Å². The summed E-state index contributed by atoms with van der Waals surface area (Å²) in [6.45, 7) is 2.61.